The molecule has 4 aromatic rings. The fourth-order valence-electron chi connectivity index (χ4n) is 3.22. The highest BCUT2D eigenvalue weighted by atomic mass is 16.7. The number of hydrogen-bond donors (Lipinski definition) is 1. The lowest BCUT2D eigenvalue weighted by Crippen LogP contribution is -2.23. The molecule has 0 bridgehead atoms. The van der Waals surface area contributed by atoms with Crippen molar-refractivity contribution in [2.24, 2.45) is 5.16 Å². The predicted molar refractivity (Wildman–Crippen MR) is 125 cm³/mol. The Labute approximate surface area is 190 Å². The van der Waals surface area contributed by atoms with E-state index in [1.165, 1.54) is 0 Å². The average Bonchev–Trinajstić information content (AvgIpc) is 3.17. The molecule has 33 heavy (non-hydrogen) atoms. The highest BCUT2D eigenvalue weighted by Gasteiger charge is 2.21. The van der Waals surface area contributed by atoms with Crippen LogP contribution >= 0.6 is 0 Å². The standard InChI is InChI=1S/C25H22N4O4/c1-17(2)32-24(30)27-23-26-20-15-9-10-16-21(20)29(23)25(31)33-28-22(18-11-5-3-6-12-18)19-13-7-4-8-14-19/h3-17H,1-2H3,(H,26,27,30). The van der Waals surface area contributed by atoms with E-state index in [4.69, 9.17) is 9.57 Å². The van der Waals surface area contributed by atoms with E-state index in [0.717, 1.165) is 15.7 Å². The van der Waals surface area contributed by atoms with Gasteiger partial charge in [-0.25, -0.2) is 19.1 Å². The van der Waals surface area contributed by atoms with Crippen LogP contribution in [0.25, 0.3) is 11.0 Å². The number of fused-ring (bicyclic) bond motifs is 1. The van der Waals surface area contributed by atoms with Crippen molar-refractivity contribution in [2.75, 3.05) is 5.32 Å². The molecule has 1 aromatic heterocycles. The molecule has 166 valence electrons. The van der Waals surface area contributed by atoms with Crippen molar-refractivity contribution in [1.82, 2.24) is 9.55 Å². The molecule has 0 spiro atoms. The van der Waals surface area contributed by atoms with E-state index >= 15 is 0 Å². The van der Waals surface area contributed by atoms with Crippen LogP contribution in [0.4, 0.5) is 15.5 Å². The van der Waals surface area contributed by atoms with Crippen molar-refractivity contribution >= 4 is 34.9 Å². The van der Waals surface area contributed by atoms with Crippen LogP contribution in [-0.4, -0.2) is 33.6 Å². The summed E-state index contributed by atoms with van der Waals surface area (Å²) in [5, 5.41) is 6.67. The minimum atomic E-state index is -0.826. The van der Waals surface area contributed by atoms with E-state index < -0.39 is 12.2 Å². The van der Waals surface area contributed by atoms with Crippen molar-refractivity contribution in [2.45, 2.75) is 20.0 Å². The van der Waals surface area contributed by atoms with E-state index in [1.54, 1.807) is 38.1 Å². The van der Waals surface area contributed by atoms with Crippen molar-refractivity contribution in [3.8, 4) is 0 Å². The molecule has 0 saturated heterocycles. The monoisotopic (exact) mass is 442 g/mol. The van der Waals surface area contributed by atoms with Crippen LogP contribution in [-0.2, 0) is 9.57 Å². The normalized spacial score (nSPS) is 10.6. The van der Waals surface area contributed by atoms with Gasteiger partial charge >= 0.3 is 12.2 Å². The predicted octanol–water partition coefficient (Wildman–Crippen LogP) is 5.43. The molecular weight excluding hydrogens is 420 g/mol. The van der Waals surface area contributed by atoms with Crippen molar-refractivity contribution in [1.29, 1.82) is 0 Å². The average molecular weight is 442 g/mol. The first-order valence-electron chi connectivity index (χ1n) is 10.4. The Morgan fingerprint density at radius 1 is 0.879 bits per heavy atom. The molecule has 8 heteroatoms. The van der Waals surface area contributed by atoms with Gasteiger partial charge in [0.15, 0.2) is 0 Å². The first kappa shape index (κ1) is 21.8. The molecule has 8 nitrogen and oxygen atoms in total. The number of oxime groups is 1. The molecule has 4 rings (SSSR count). The summed E-state index contributed by atoms with van der Waals surface area (Å²) < 4.78 is 6.26. The lowest BCUT2D eigenvalue weighted by atomic mass is 10.0. The number of benzene rings is 3. The molecule has 0 atom stereocenters. The largest absolute Gasteiger partial charge is 0.447 e. The molecule has 0 saturated carbocycles. The second-order valence-electron chi connectivity index (χ2n) is 7.37. The van der Waals surface area contributed by atoms with Crippen molar-refractivity contribution in [3.63, 3.8) is 0 Å². The molecule has 1 N–H and O–H groups in total. The van der Waals surface area contributed by atoms with Crippen LogP contribution < -0.4 is 5.32 Å². The van der Waals surface area contributed by atoms with Crippen molar-refractivity contribution < 1.29 is 19.2 Å². The smallest absolute Gasteiger partial charge is 0.447 e. The van der Waals surface area contributed by atoms with E-state index in [1.807, 2.05) is 60.7 Å². The fraction of sp³-hybridized carbons (Fsp3) is 0.120. The summed E-state index contributed by atoms with van der Waals surface area (Å²) in [5.41, 5.74) is 3.02. The second kappa shape index (κ2) is 9.78. The molecule has 0 unspecified atom stereocenters. The number of anilines is 1. The number of imidazole rings is 1. The maximum atomic E-state index is 13.1. The quantitative estimate of drug-likeness (QED) is 0.253. The summed E-state index contributed by atoms with van der Waals surface area (Å²) in [5.74, 6) is -0.0250. The fourth-order valence-corrected chi connectivity index (χ4v) is 3.22. The molecule has 0 radical (unpaired) electrons. The van der Waals surface area contributed by atoms with Gasteiger partial charge in [-0.05, 0) is 26.0 Å². The highest BCUT2D eigenvalue weighted by Crippen LogP contribution is 2.21. The van der Waals surface area contributed by atoms with Gasteiger partial charge in [-0.15, -0.1) is 0 Å². The Balaban J connectivity index is 1.70. The first-order valence-corrected chi connectivity index (χ1v) is 10.4. The Kier molecular flexibility index (Phi) is 6.45. The van der Waals surface area contributed by atoms with Gasteiger partial charge in [0.2, 0.25) is 5.95 Å². The number of nitrogens with zero attached hydrogens (tertiary/aromatic N) is 3. The second-order valence-corrected chi connectivity index (χ2v) is 7.37. The summed E-state index contributed by atoms with van der Waals surface area (Å²) in [6.45, 7) is 3.44. The van der Waals surface area contributed by atoms with Crippen LogP contribution in [0.15, 0.2) is 90.1 Å². The zero-order valence-corrected chi connectivity index (χ0v) is 18.1. The Morgan fingerprint density at radius 3 is 2.06 bits per heavy atom. The van der Waals surface area contributed by atoms with E-state index in [0.29, 0.717) is 16.7 Å². The Bertz CT molecular complexity index is 1260. The zero-order chi connectivity index (χ0) is 23.2. The van der Waals surface area contributed by atoms with E-state index in [-0.39, 0.29) is 12.1 Å². The van der Waals surface area contributed by atoms with Gasteiger partial charge in [0, 0.05) is 11.1 Å². The third kappa shape index (κ3) is 5.07. The number of nitrogens with one attached hydrogen (secondary N) is 1. The van der Waals surface area contributed by atoms with Crippen LogP contribution in [0, 0.1) is 0 Å². The Hall–Kier alpha value is -4.46. The SMILES string of the molecule is CC(C)OC(=O)Nc1nc2ccccc2n1C(=O)ON=C(c1ccccc1)c1ccccc1. The van der Waals surface area contributed by atoms with Gasteiger partial charge in [0.05, 0.1) is 17.1 Å². The maximum absolute atomic E-state index is 13.1. The van der Waals surface area contributed by atoms with Gasteiger partial charge in [0.25, 0.3) is 0 Å². The minimum Gasteiger partial charge on any atom is -0.447 e. The lowest BCUT2D eigenvalue weighted by molar-refractivity contribution is 0.129. The van der Waals surface area contributed by atoms with Crippen LogP contribution in [0.5, 0.6) is 0 Å². The Morgan fingerprint density at radius 2 is 1.45 bits per heavy atom. The third-order valence-electron chi connectivity index (χ3n) is 4.61. The van der Waals surface area contributed by atoms with Gasteiger partial charge in [-0.1, -0.05) is 78.0 Å². The number of aromatic nitrogens is 2. The van der Waals surface area contributed by atoms with Gasteiger partial charge < -0.3 is 4.74 Å². The lowest BCUT2D eigenvalue weighted by Gasteiger charge is -2.10. The van der Waals surface area contributed by atoms with E-state index in [2.05, 4.69) is 15.5 Å². The molecule has 1 heterocycles. The van der Waals surface area contributed by atoms with Crippen LogP contribution in [0.1, 0.15) is 25.0 Å². The van der Waals surface area contributed by atoms with Crippen LogP contribution in [0.2, 0.25) is 0 Å². The molecule has 0 aliphatic heterocycles. The first-order chi connectivity index (χ1) is 16.0. The molecule has 0 fully saturated rings. The molecule has 0 aliphatic rings. The summed E-state index contributed by atoms with van der Waals surface area (Å²) in [4.78, 5) is 34.9. The number of carbonyl (C=O) groups is 2. The summed E-state index contributed by atoms with van der Waals surface area (Å²) in [6, 6.07) is 25.8. The third-order valence-corrected chi connectivity index (χ3v) is 4.61. The molecule has 3 aromatic carbocycles. The number of carbonyl (C=O) groups excluding carboxylic acids is 2. The maximum Gasteiger partial charge on any atom is 0.447 e. The van der Waals surface area contributed by atoms with Crippen molar-refractivity contribution in [3.05, 3.63) is 96.1 Å². The molecule has 0 aliphatic carbocycles. The van der Waals surface area contributed by atoms with Gasteiger partial charge in [-0.2, -0.15) is 0 Å². The van der Waals surface area contributed by atoms with E-state index in [9.17, 15) is 9.59 Å². The topological polar surface area (TPSA) is 94.8 Å². The number of rotatable bonds is 5. The van der Waals surface area contributed by atoms with Crippen LogP contribution in [0.3, 0.4) is 0 Å². The number of hydrogen-bond acceptors (Lipinski definition) is 6. The zero-order valence-electron chi connectivity index (χ0n) is 18.1. The highest BCUT2D eigenvalue weighted by molar-refractivity contribution is 6.12. The van der Waals surface area contributed by atoms with Gasteiger partial charge in [0.1, 0.15) is 5.71 Å². The van der Waals surface area contributed by atoms with Gasteiger partial charge in [-0.3, -0.25) is 10.2 Å². The molecular formula is C25H22N4O4. The summed E-state index contributed by atoms with van der Waals surface area (Å²) in [6.07, 6.45) is -1.89. The number of amides is 1. The summed E-state index contributed by atoms with van der Waals surface area (Å²) >= 11 is 0. The minimum absolute atomic E-state index is 0.0250. The number of ether oxygens (including phenoxy) is 1. The number of para-hydroxylation sites is 2. The summed E-state index contributed by atoms with van der Waals surface area (Å²) in [7, 11) is 0. The molecule has 1 amide bonds.